The first-order chi connectivity index (χ1) is 8.00. The van der Waals surface area contributed by atoms with Gasteiger partial charge < -0.3 is 4.90 Å². The summed E-state index contributed by atoms with van der Waals surface area (Å²) >= 11 is 9.55. The second-order valence-corrected chi connectivity index (χ2v) is 5.93. The summed E-state index contributed by atoms with van der Waals surface area (Å²) < 4.78 is 0.911. The summed E-state index contributed by atoms with van der Waals surface area (Å²) in [7, 11) is 0. The molecule has 0 aromatic heterocycles. The van der Waals surface area contributed by atoms with Crippen molar-refractivity contribution in [2.24, 2.45) is 5.92 Å². The fourth-order valence-corrected chi connectivity index (χ4v) is 3.27. The number of benzene rings is 1. The van der Waals surface area contributed by atoms with Crippen LogP contribution in [0.1, 0.15) is 25.8 Å². The minimum atomic E-state index is 0.0172. The van der Waals surface area contributed by atoms with Gasteiger partial charge in [-0.05, 0) is 46.5 Å². The third kappa shape index (κ3) is 2.50. The molecule has 0 saturated carbocycles. The molecule has 1 aliphatic heterocycles. The minimum Gasteiger partial charge on any atom is -0.311 e. The normalized spacial score (nSPS) is 15.0. The summed E-state index contributed by atoms with van der Waals surface area (Å²) in [4.78, 5) is 14.0. The molecular weight excluding hydrogens is 302 g/mol. The topological polar surface area (TPSA) is 20.3 Å². The number of carbonyl (C=O) groups is 1. The van der Waals surface area contributed by atoms with Crippen LogP contribution in [0.5, 0.6) is 0 Å². The average molecular weight is 317 g/mol. The molecule has 0 radical (unpaired) electrons. The van der Waals surface area contributed by atoms with Crippen molar-refractivity contribution in [2.45, 2.75) is 26.7 Å². The highest BCUT2D eigenvalue weighted by atomic mass is 79.9. The summed E-state index contributed by atoms with van der Waals surface area (Å²) in [5.41, 5.74) is 2.16. The predicted molar refractivity (Wildman–Crippen MR) is 74.7 cm³/mol. The molecule has 4 heteroatoms. The number of aryl methyl sites for hydroxylation is 1. The van der Waals surface area contributed by atoms with Crippen LogP contribution in [0.4, 0.5) is 5.69 Å². The SMILES string of the molecule is CC(C)C(=O)N1CCCc2cc(Cl)cc(Br)c21. The Balaban J connectivity index is 2.47. The monoisotopic (exact) mass is 315 g/mol. The Morgan fingerprint density at radius 1 is 1.47 bits per heavy atom. The van der Waals surface area contributed by atoms with Crippen molar-refractivity contribution in [2.75, 3.05) is 11.4 Å². The van der Waals surface area contributed by atoms with Crippen LogP contribution >= 0.6 is 27.5 Å². The van der Waals surface area contributed by atoms with E-state index in [4.69, 9.17) is 11.6 Å². The van der Waals surface area contributed by atoms with Crippen molar-refractivity contribution in [3.8, 4) is 0 Å². The van der Waals surface area contributed by atoms with Crippen LogP contribution in [0.3, 0.4) is 0 Å². The van der Waals surface area contributed by atoms with E-state index in [2.05, 4.69) is 15.9 Å². The molecule has 0 aliphatic carbocycles. The van der Waals surface area contributed by atoms with E-state index in [1.807, 2.05) is 30.9 Å². The molecule has 0 saturated heterocycles. The van der Waals surface area contributed by atoms with Gasteiger partial charge in [0.15, 0.2) is 0 Å². The number of carbonyl (C=O) groups excluding carboxylic acids is 1. The molecule has 0 unspecified atom stereocenters. The van der Waals surface area contributed by atoms with E-state index in [0.29, 0.717) is 0 Å². The van der Waals surface area contributed by atoms with Gasteiger partial charge in [0, 0.05) is 22.0 Å². The van der Waals surface area contributed by atoms with Gasteiger partial charge in [0.25, 0.3) is 0 Å². The smallest absolute Gasteiger partial charge is 0.229 e. The molecule has 1 amide bonds. The zero-order valence-corrected chi connectivity index (χ0v) is 12.3. The highest BCUT2D eigenvalue weighted by Gasteiger charge is 2.26. The van der Waals surface area contributed by atoms with Crippen molar-refractivity contribution >= 4 is 39.1 Å². The van der Waals surface area contributed by atoms with E-state index in [1.54, 1.807) is 0 Å². The maximum absolute atomic E-state index is 12.2. The summed E-state index contributed by atoms with van der Waals surface area (Å²) in [6, 6.07) is 3.81. The number of anilines is 1. The van der Waals surface area contributed by atoms with Crippen molar-refractivity contribution < 1.29 is 4.79 Å². The Hall–Kier alpha value is -0.540. The van der Waals surface area contributed by atoms with Crippen LogP contribution in [0, 0.1) is 5.92 Å². The number of hydrogen-bond donors (Lipinski definition) is 0. The average Bonchev–Trinajstić information content (AvgIpc) is 2.26. The standard InChI is InChI=1S/C13H15BrClNO/c1-8(2)13(17)16-5-3-4-9-6-10(15)7-11(14)12(9)16/h6-8H,3-5H2,1-2H3. The van der Waals surface area contributed by atoms with Gasteiger partial charge in [0.2, 0.25) is 5.91 Å². The first-order valence-electron chi connectivity index (χ1n) is 5.80. The van der Waals surface area contributed by atoms with E-state index in [0.717, 1.165) is 40.1 Å². The van der Waals surface area contributed by atoms with Crippen molar-refractivity contribution in [3.05, 3.63) is 27.2 Å². The largest absolute Gasteiger partial charge is 0.311 e. The maximum Gasteiger partial charge on any atom is 0.229 e. The van der Waals surface area contributed by atoms with Gasteiger partial charge in [-0.15, -0.1) is 0 Å². The third-order valence-electron chi connectivity index (χ3n) is 2.96. The Morgan fingerprint density at radius 3 is 2.82 bits per heavy atom. The van der Waals surface area contributed by atoms with Gasteiger partial charge in [-0.2, -0.15) is 0 Å². The van der Waals surface area contributed by atoms with Gasteiger partial charge in [-0.3, -0.25) is 4.79 Å². The Labute approximate surface area is 115 Å². The lowest BCUT2D eigenvalue weighted by Gasteiger charge is -2.32. The first kappa shape index (κ1) is 12.9. The van der Waals surface area contributed by atoms with E-state index >= 15 is 0 Å². The van der Waals surface area contributed by atoms with Gasteiger partial charge in [0.05, 0.1) is 5.69 Å². The Morgan fingerprint density at radius 2 is 2.18 bits per heavy atom. The number of amides is 1. The zero-order valence-electron chi connectivity index (χ0n) is 9.96. The van der Waals surface area contributed by atoms with Crippen LogP contribution in [-0.4, -0.2) is 12.5 Å². The lowest BCUT2D eigenvalue weighted by molar-refractivity contribution is -0.121. The van der Waals surface area contributed by atoms with Crippen molar-refractivity contribution in [1.29, 1.82) is 0 Å². The van der Waals surface area contributed by atoms with E-state index in [1.165, 1.54) is 0 Å². The molecule has 2 nitrogen and oxygen atoms in total. The fraction of sp³-hybridized carbons (Fsp3) is 0.462. The summed E-state index contributed by atoms with van der Waals surface area (Å²) in [6.07, 6.45) is 1.98. The number of hydrogen-bond acceptors (Lipinski definition) is 1. The van der Waals surface area contributed by atoms with Crippen LogP contribution in [-0.2, 0) is 11.2 Å². The second kappa shape index (κ2) is 4.99. The highest BCUT2D eigenvalue weighted by molar-refractivity contribution is 9.10. The number of nitrogens with zero attached hydrogens (tertiary/aromatic N) is 1. The molecule has 0 fully saturated rings. The van der Waals surface area contributed by atoms with E-state index < -0.39 is 0 Å². The van der Waals surface area contributed by atoms with Crippen LogP contribution in [0.2, 0.25) is 5.02 Å². The Kier molecular flexibility index (Phi) is 3.79. The first-order valence-corrected chi connectivity index (χ1v) is 6.97. The number of halogens is 2. The molecule has 1 aromatic carbocycles. The molecule has 2 rings (SSSR count). The zero-order chi connectivity index (χ0) is 12.6. The van der Waals surface area contributed by atoms with Gasteiger partial charge in [-0.1, -0.05) is 25.4 Å². The third-order valence-corrected chi connectivity index (χ3v) is 3.79. The number of rotatable bonds is 1. The molecule has 0 bridgehead atoms. The molecule has 0 N–H and O–H groups in total. The summed E-state index contributed by atoms with van der Waals surface area (Å²) in [6.45, 7) is 4.66. The van der Waals surface area contributed by atoms with Crippen LogP contribution < -0.4 is 4.90 Å². The second-order valence-electron chi connectivity index (χ2n) is 4.64. The maximum atomic E-state index is 12.2. The molecule has 0 spiro atoms. The minimum absolute atomic E-state index is 0.0172. The molecule has 1 aliphatic rings. The highest BCUT2D eigenvalue weighted by Crippen LogP contribution is 2.37. The lowest BCUT2D eigenvalue weighted by Crippen LogP contribution is -2.38. The molecule has 0 atom stereocenters. The molecular formula is C13H15BrClNO. The van der Waals surface area contributed by atoms with Crippen LogP contribution in [0.15, 0.2) is 16.6 Å². The summed E-state index contributed by atoms with van der Waals surface area (Å²) in [5.74, 6) is 0.192. The fourth-order valence-electron chi connectivity index (χ4n) is 2.18. The number of fused-ring (bicyclic) bond motifs is 1. The van der Waals surface area contributed by atoms with Crippen molar-refractivity contribution in [3.63, 3.8) is 0 Å². The molecule has 1 aromatic rings. The molecule has 1 heterocycles. The van der Waals surface area contributed by atoms with Gasteiger partial charge >= 0.3 is 0 Å². The molecule has 92 valence electrons. The lowest BCUT2D eigenvalue weighted by atomic mass is 10.0. The van der Waals surface area contributed by atoms with Gasteiger partial charge in [0.1, 0.15) is 0 Å². The Bertz CT molecular complexity index is 459. The predicted octanol–water partition coefficient (Wildman–Crippen LogP) is 4.04. The van der Waals surface area contributed by atoms with E-state index in [9.17, 15) is 4.79 Å². The quantitative estimate of drug-likeness (QED) is 0.766. The van der Waals surface area contributed by atoms with Crippen LogP contribution in [0.25, 0.3) is 0 Å². The van der Waals surface area contributed by atoms with Gasteiger partial charge in [-0.25, -0.2) is 0 Å². The summed E-state index contributed by atoms with van der Waals surface area (Å²) in [5, 5.41) is 0.717. The molecule has 17 heavy (non-hydrogen) atoms. The van der Waals surface area contributed by atoms with E-state index in [-0.39, 0.29) is 11.8 Å². The van der Waals surface area contributed by atoms with Crippen molar-refractivity contribution in [1.82, 2.24) is 0 Å².